The van der Waals surface area contributed by atoms with E-state index in [-0.39, 0.29) is 24.5 Å². The zero-order chi connectivity index (χ0) is 29.8. The quantitative estimate of drug-likeness (QED) is 0.252. The number of thiazole rings is 1. The van der Waals surface area contributed by atoms with E-state index < -0.39 is 17.5 Å². The molecule has 6 rings (SSSR count). The van der Waals surface area contributed by atoms with Gasteiger partial charge in [-0.3, -0.25) is 14.5 Å². The summed E-state index contributed by atoms with van der Waals surface area (Å²) in [5.74, 6) is -0.119. The van der Waals surface area contributed by atoms with Gasteiger partial charge in [-0.2, -0.15) is 5.26 Å². The largest absolute Gasteiger partial charge is 0.444 e. The molecule has 43 heavy (non-hydrogen) atoms. The third-order valence-electron chi connectivity index (χ3n) is 7.11. The molecule has 2 heterocycles. The smallest absolute Gasteiger partial charge is 0.412 e. The van der Waals surface area contributed by atoms with E-state index in [4.69, 9.17) is 4.74 Å². The van der Waals surface area contributed by atoms with Crippen LogP contribution in [-0.2, 0) is 16.1 Å². The number of carbonyl (C=O) groups excluding carboxylic acids is 3. The van der Waals surface area contributed by atoms with Crippen molar-refractivity contribution in [1.82, 2.24) is 15.2 Å². The van der Waals surface area contributed by atoms with E-state index in [2.05, 4.69) is 21.7 Å². The van der Waals surface area contributed by atoms with Crippen LogP contribution in [0.5, 0.6) is 0 Å². The summed E-state index contributed by atoms with van der Waals surface area (Å²) >= 11 is 2.72. The number of nitrogens with zero attached hydrogens (tertiary/aromatic N) is 3. The van der Waals surface area contributed by atoms with Gasteiger partial charge in [-0.25, -0.2) is 9.78 Å². The fourth-order valence-corrected chi connectivity index (χ4v) is 6.82. The van der Waals surface area contributed by atoms with E-state index in [1.165, 1.54) is 28.0 Å². The van der Waals surface area contributed by atoms with E-state index in [0.29, 0.717) is 27.7 Å². The molecule has 0 bridgehead atoms. The van der Waals surface area contributed by atoms with Gasteiger partial charge < -0.3 is 15.4 Å². The summed E-state index contributed by atoms with van der Waals surface area (Å²) in [5.41, 5.74) is 4.11. The SMILES string of the molecule is N#Cc1cccc(C2SC[C@@H](C(=O)Nc3nc(-c4ccc(C(=O)NC5CC5)cc4)cs3)N2C(=O)OCc2ccccc2)c1. The minimum atomic E-state index is -0.819. The van der Waals surface area contributed by atoms with Crippen LogP contribution < -0.4 is 10.6 Å². The van der Waals surface area contributed by atoms with E-state index in [0.717, 1.165) is 29.5 Å². The number of hydrogen-bond acceptors (Lipinski definition) is 8. The number of hydrogen-bond donors (Lipinski definition) is 2. The van der Waals surface area contributed by atoms with Crippen LogP contribution in [0.15, 0.2) is 84.2 Å². The first-order chi connectivity index (χ1) is 21.0. The Balaban J connectivity index is 1.17. The lowest BCUT2D eigenvalue weighted by atomic mass is 10.1. The second-order valence-electron chi connectivity index (χ2n) is 10.2. The third-order valence-corrected chi connectivity index (χ3v) is 9.19. The van der Waals surface area contributed by atoms with Gasteiger partial charge in [-0.1, -0.05) is 54.6 Å². The van der Waals surface area contributed by atoms with Crippen molar-refractivity contribution >= 4 is 46.1 Å². The molecule has 2 aliphatic rings. The minimum absolute atomic E-state index is 0.0665. The van der Waals surface area contributed by atoms with Crippen LogP contribution in [-0.4, -0.2) is 45.6 Å². The molecule has 1 saturated carbocycles. The molecule has 0 spiro atoms. The van der Waals surface area contributed by atoms with E-state index in [1.807, 2.05) is 53.9 Å². The van der Waals surface area contributed by atoms with Gasteiger partial charge in [0.25, 0.3) is 5.91 Å². The summed E-state index contributed by atoms with van der Waals surface area (Å²) in [4.78, 5) is 45.3. The van der Waals surface area contributed by atoms with Gasteiger partial charge in [-0.05, 0) is 48.2 Å². The lowest BCUT2D eigenvalue weighted by Gasteiger charge is -2.28. The summed E-state index contributed by atoms with van der Waals surface area (Å²) in [6.45, 7) is 0.0665. The molecule has 3 amide bonds. The highest BCUT2D eigenvalue weighted by Crippen LogP contribution is 2.42. The number of anilines is 1. The highest BCUT2D eigenvalue weighted by molar-refractivity contribution is 7.99. The monoisotopic (exact) mass is 609 g/mol. The molecule has 4 aromatic rings. The standard InChI is InChI=1S/C32H27N5O4S2/c33-16-21-7-4-8-24(15-21)30-37(32(40)41-17-20-5-2-1-3-6-20)27(19-42-30)29(39)36-31-35-26(18-43-31)22-9-11-23(12-10-22)28(38)34-25-13-14-25/h1-12,15,18,25,27,30H,13-14,17,19H2,(H,34,38)(H,35,36,39)/t27-,30?/m0/s1. The Morgan fingerprint density at radius 2 is 1.81 bits per heavy atom. The Morgan fingerprint density at radius 1 is 1.02 bits per heavy atom. The Morgan fingerprint density at radius 3 is 2.56 bits per heavy atom. The van der Waals surface area contributed by atoms with Gasteiger partial charge >= 0.3 is 6.09 Å². The van der Waals surface area contributed by atoms with Crippen molar-refractivity contribution in [2.24, 2.45) is 0 Å². The molecule has 1 aliphatic carbocycles. The van der Waals surface area contributed by atoms with Gasteiger partial charge in [0.1, 0.15) is 18.0 Å². The highest BCUT2D eigenvalue weighted by atomic mass is 32.2. The summed E-state index contributed by atoms with van der Waals surface area (Å²) < 4.78 is 5.65. The number of nitriles is 1. The van der Waals surface area contributed by atoms with Gasteiger partial charge in [-0.15, -0.1) is 23.1 Å². The van der Waals surface area contributed by atoms with Crippen LogP contribution in [0.25, 0.3) is 11.3 Å². The van der Waals surface area contributed by atoms with Crippen molar-refractivity contribution in [3.63, 3.8) is 0 Å². The number of thioether (sulfide) groups is 1. The maximum atomic E-state index is 13.6. The summed E-state index contributed by atoms with van der Waals surface area (Å²) in [7, 11) is 0. The predicted octanol–water partition coefficient (Wildman–Crippen LogP) is 5.97. The van der Waals surface area contributed by atoms with E-state index >= 15 is 0 Å². The fraction of sp³-hybridized carbons (Fsp3) is 0.219. The molecule has 11 heteroatoms. The Hall–Kier alpha value is -4.66. The topological polar surface area (TPSA) is 124 Å². The van der Waals surface area contributed by atoms with E-state index in [1.54, 1.807) is 30.3 Å². The van der Waals surface area contributed by atoms with Crippen LogP contribution in [0.2, 0.25) is 0 Å². The van der Waals surface area contributed by atoms with Gasteiger partial charge in [0.15, 0.2) is 5.13 Å². The lowest BCUT2D eigenvalue weighted by Crippen LogP contribution is -2.45. The fourth-order valence-electron chi connectivity index (χ4n) is 4.69. The molecule has 1 saturated heterocycles. The molecule has 2 atom stereocenters. The molecular formula is C32H27N5O4S2. The number of ether oxygens (including phenoxy) is 1. The van der Waals surface area contributed by atoms with Crippen LogP contribution in [0.3, 0.4) is 0 Å². The van der Waals surface area contributed by atoms with Crippen LogP contribution in [0.1, 0.15) is 45.3 Å². The van der Waals surface area contributed by atoms with Gasteiger partial charge in [0.05, 0.1) is 17.3 Å². The van der Waals surface area contributed by atoms with Crippen molar-refractivity contribution < 1.29 is 19.1 Å². The van der Waals surface area contributed by atoms with Crippen molar-refractivity contribution in [3.05, 3.63) is 106 Å². The first-order valence-corrected chi connectivity index (χ1v) is 15.7. The molecule has 1 unspecified atom stereocenters. The number of rotatable bonds is 8. The molecule has 1 aromatic heterocycles. The zero-order valence-electron chi connectivity index (χ0n) is 22.9. The Labute approximate surface area is 256 Å². The number of carbonyl (C=O) groups is 3. The second kappa shape index (κ2) is 12.7. The highest BCUT2D eigenvalue weighted by Gasteiger charge is 2.43. The number of amides is 3. The molecular weight excluding hydrogens is 583 g/mol. The van der Waals surface area contributed by atoms with Crippen molar-refractivity contribution in [2.45, 2.75) is 36.9 Å². The van der Waals surface area contributed by atoms with Crippen molar-refractivity contribution in [2.75, 3.05) is 11.1 Å². The van der Waals surface area contributed by atoms with Gasteiger partial charge in [0, 0.05) is 28.3 Å². The maximum absolute atomic E-state index is 13.6. The number of benzene rings is 3. The average Bonchev–Trinajstić information content (AvgIpc) is 3.54. The molecule has 9 nitrogen and oxygen atoms in total. The lowest BCUT2D eigenvalue weighted by molar-refractivity contribution is -0.120. The number of nitrogens with one attached hydrogen (secondary N) is 2. The third kappa shape index (κ3) is 6.71. The molecule has 3 aromatic carbocycles. The minimum Gasteiger partial charge on any atom is -0.444 e. The van der Waals surface area contributed by atoms with Crippen molar-refractivity contribution in [1.29, 1.82) is 5.26 Å². The van der Waals surface area contributed by atoms with Crippen LogP contribution in [0.4, 0.5) is 9.93 Å². The molecule has 216 valence electrons. The van der Waals surface area contributed by atoms with Crippen LogP contribution >= 0.6 is 23.1 Å². The number of aromatic nitrogens is 1. The second-order valence-corrected chi connectivity index (χ2v) is 12.2. The Kier molecular flexibility index (Phi) is 8.40. The predicted molar refractivity (Wildman–Crippen MR) is 165 cm³/mol. The zero-order valence-corrected chi connectivity index (χ0v) is 24.6. The summed E-state index contributed by atoms with van der Waals surface area (Å²) in [6.07, 6.45) is 1.43. The van der Waals surface area contributed by atoms with Crippen molar-refractivity contribution in [3.8, 4) is 17.3 Å². The summed E-state index contributed by atoms with van der Waals surface area (Å²) in [6, 6.07) is 25.2. The molecule has 0 radical (unpaired) electrons. The molecule has 2 fully saturated rings. The Bertz CT molecular complexity index is 1680. The molecule has 1 aliphatic heterocycles. The average molecular weight is 610 g/mol. The first-order valence-electron chi connectivity index (χ1n) is 13.8. The van der Waals surface area contributed by atoms with E-state index in [9.17, 15) is 19.6 Å². The normalized spacial score (nSPS) is 17.6. The maximum Gasteiger partial charge on any atom is 0.412 e. The molecule has 2 N–H and O–H groups in total. The van der Waals surface area contributed by atoms with Crippen LogP contribution in [0, 0.1) is 11.3 Å². The summed E-state index contributed by atoms with van der Waals surface area (Å²) in [5, 5.41) is 17.0. The first kappa shape index (κ1) is 28.5. The van der Waals surface area contributed by atoms with Gasteiger partial charge in [0.2, 0.25) is 5.91 Å².